The molecule has 20 heteroatoms. The largest absolute Gasteiger partial charge is 0.495 e. The van der Waals surface area contributed by atoms with E-state index in [9.17, 15) is 24.0 Å². The van der Waals surface area contributed by atoms with E-state index in [-0.39, 0.29) is 53.7 Å². The molecule has 4 fully saturated rings. The van der Waals surface area contributed by atoms with E-state index in [0.29, 0.717) is 81.1 Å². The molecule has 4 aliphatic heterocycles. The summed E-state index contributed by atoms with van der Waals surface area (Å²) in [5, 5.41) is 8.50. The lowest BCUT2D eigenvalue weighted by Crippen LogP contribution is -2.49. The lowest BCUT2D eigenvalue weighted by atomic mass is 10.0. The number of amides is 5. The molecule has 18 nitrogen and oxygen atoms in total. The third kappa shape index (κ3) is 10.0. The van der Waals surface area contributed by atoms with E-state index in [4.69, 9.17) is 10.5 Å². The first kappa shape index (κ1) is 43.2. The molecule has 61 heavy (non-hydrogen) atoms. The number of aromatic nitrogens is 2. The number of nitrogens with two attached hydrogens (primary N) is 1. The molecule has 1 unspecified atom stereocenters. The number of allylic oxidation sites excluding steroid dienone is 1. The lowest BCUT2D eigenvalue weighted by molar-refractivity contribution is -0.140. The molecule has 328 valence electrons. The minimum absolute atomic E-state index is 0.0714. The van der Waals surface area contributed by atoms with Gasteiger partial charge in [0.25, 0.3) is 17.7 Å². The van der Waals surface area contributed by atoms with E-state index in [0.717, 1.165) is 43.7 Å². The highest BCUT2D eigenvalue weighted by molar-refractivity contribution is 6.02. The second-order valence-electron chi connectivity index (χ2n) is 16.1. The number of halogens is 2. The molecular weight excluding hydrogens is 795 g/mol. The van der Waals surface area contributed by atoms with Crippen LogP contribution >= 0.6 is 0 Å². The van der Waals surface area contributed by atoms with Crippen molar-refractivity contribution < 1.29 is 37.5 Å². The maximum Gasteiger partial charge on any atom is 0.342 e. The summed E-state index contributed by atoms with van der Waals surface area (Å²) in [5.41, 5.74) is 7.61. The number of imide groups is 1. The van der Waals surface area contributed by atoms with Gasteiger partial charge in [-0.05, 0) is 50.3 Å². The maximum atomic E-state index is 15.0. The highest BCUT2D eigenvalue weighted by atomic mass is 19.3. The number of fused-ring (bicyclic) bond motifs is 1. The van der Waals surface area contributed by atoms with Crippen LogP contribution in [0.2, 0.25) is 0 Å². The van der Waals surface area contributed by atoms with Gasteiger partial charge in [-0.1, -0.05) is 12.8 Å². The topological polar surface area (TPSA) is 211 Å². The quantitative estimate of drug-likeness (QED) is 0.178. The summed E-state index contributed by atoms with van der Waals surface area (Å²) in [4.78, 5) is 84.6. The van der Waals surface area contributed by atoms with Gasteiger partial charge in [-0.15, -0.1) is 0 Å². The van der Waals surface area contributed by atoms with Crippen LogP contribution < -0.4 is 36.2 Å². The molecule has 1 saturated carbocycles. The molecule has 1 atom stereocenters. The van der Waals surface area contributed by atoms with Crippen LogP contribution in [0.5, 0.6) is 5.75 Å². The number of nitrogens with one attached hydrogen (secondary N) is 3. The van der Waals surface area contributed by atoms with Crippen molar-refractivity contribution in [1.82, 2.24) is 35.3 Å². The highest BCUT2D eigenvalue weighted by Crippen LogP contribution is 2.40. The summed E-state index contributed by atoms with van der Waals surface area (Å²) in [6.07, 6.45) is 9.92. The van der Waals surface area contributed by atoms with Gasteiger partial charge in [-0.3, -0.25) is 39.2 Å². The number of methoxy groups -OCH3 is 1. The fraction of sp³-hybridized carbons (Fsp3) is 0.561. The Hall–Kier alpha value is -5.92. The Morgan fingerprint density at radius 1 is 1.03 bits per heavy atom. The number of ether oxygens (including phenoxy) is 1. The number of likely N-dealkylation sites (tertiary alicyclic amines) is 1. The van der Waals surface area contributed by atoms with Crippen LogP contribution in [0.3, 0.4) is 0 Å². The molecule has 5 aliphatic rings. The average molecular weight is 849 g/mol. The number of aliphatic imine (C=N–C) groups is 1. The number of carbonyl (C=O) groups is 5. The molecule has 5 amide bonds. The molecule has 3 saturated heterocycles. The number of alkyl halides is 2. The summed E-state index contributed by atoms with van der Waals surface area (Å²) in [6, 6.07) is 3.99. The van der Waals surface area contributed by atoms with Gasteiger partial charge >= 0.3 is 5.92 Å². The second-order valence-corrected chi connectivity index (χ2v) is 16.1. The number of piperidine rings is 2. The van der Waals surface area contributed by atoms with Crippen molar-refractivity contribution in [2.45, 2.75) is 81.8 Å². The first-order valence-electron chi connectivity index (χ1n) is 20.9. The maximum absolute atomic E-state index is 15.0. The summed E-state index contributed by atoms with van der Waals surface area (Å²) in [6.45, 7) is 3.75. The second kappa shape index (κ2) is 18.8. The fourth-order valence-electron chi connectivity index (χ4n) is 8.56. The summed E-state index contributed by atoms with van der Waals surface area (Å²) >= 11 is 0. The van der Waals surface area contributed by atoms with Crippen molar-refractivity contribution in [1.29, 1.82) is 0 Å². The zero-order chi connectivity index (χ0) is 43.3. The molecule has 1 aromatic carbocycles. The van der Waals surface area contributed by atoms with E-state index in [1.807, 2.05) is 4.90 Å². The van der Waals surface area contributed by atoms with Gasteiger partial charge in [0, 0.05) is 95.8 Å². The Morgan fingerprint density at radius 2 is 1.77 bits per heavy atom. The van der Waals surface area contributed by atoms with Crippen molar-refractivity contribution in [3.63, 3.8) is 0 Å². The molecular formula is C41H54F2N12O6. The van der Waals surface area contributed by atoms with Crippen molar-refractivity contribution in [2.75, 3.05) is 81.6 Å². The molecule has 1 aromatic heterocycles. The molecule has 0 radical (unpaired) electrons. The van der Waals surface area contributed by atoms with Crippen molar-refractivity contribution in [2.24, 2.45) is 10.7 Å². The fourth-order valence-corrected chi connectivity index (χ4v) is 8.56. The minimum atomic E-state index is -3.59. The third-order valence-corrected chi connectivity index (χ3v) is 12.2. The smallest absolute Gasteiger partial charge is 0.342 e. The number of benzene rings is 1. The van der Waals surface area contributed by atoms with E-state index in [1.165, 1.54) is 31.5 Å². The molecule has 1 aliphatic carbocycles. The number of anilines is 4. The standard InChI is InChI=1S/C41H54F2N12O6/c1-51-32-24-46-40(50-36(32)55(28-5-3-4-6-28)25-41(42,43)39(51)60)48-30-8-7-26(21-33(30)61-2)37(58)47-27-11-15-54(16-12-27)35(57)13-14-52-17-19-53(20-18-52)29(22-44)23-45-31-9-10-34(56)49-38(31)59/h7-8,21-24,27-28,31H,3-6,9-20,25,44H2,1-2H3,(H,47,58)(H,46,48,50)(H,49,56,59). The molecule has 5 heterocycles. The number of nitrogens with zero attached hydrogens (tertiary/aromatic N) is 8. The Bertz CT molecular complexity index is 2050. The molecule has 0 bridgehead atoms. The van der Waals surface area contributed by atoms with Gasteiger partial charge < -0.3 is 40.7 Å². The monoisotopic (exact) mass is 848 g/mol. The van der Waals surface area contributed by atoms with E-state index < -0.39 is 30.3 Å². The van der Waals surface area contributed by atoms with Crippen molar-refractivity contribution in [3.05, 3.63) is 41.9 Å². The predicted molar refractivity (Wildman–Crippen MR) is 223 cm³/mol. The highest BCUT2D eigenvalue weighted by Gasteiger charge is 2.49. The lowest BCUT2D eigenvalue weighted by Gasteiger charge is -2.37. The van der Waals surface area contributed by atoms with Gasteiger partial charge in [-0.2, -0.15) is 13.8 Å². The summed E-state index contributed by atoms with van der Waals surface area (Å²) in [5.74, 6) is -5.08. The number of hydrogen-bond donors (Lipinski definition) is 4. The summed E-state index contributed by atoms with van der Waals surface area (Å²) in [7, 11) is 2.77. The van der Waals surface area contributed by atoms with Crippen molar-refractivity contribution >= 4 is 58.9 Å². The third-order valence-electron chi connectivity index (χ3n) is 12.2. The van der Waals surface area contributed by atoms with Gasteiger partial charge in [0.2, 0.25) is 17.8 Å². The van der Waals surface area contributed by atoms with Crippen LogP contribution in [0.4, 0.5) is 31.9 Å². The van der Waals surface area contributed by atoms with Gasteiger partial charge in [-0.25, -0.2) is 4.98 Å². The zero-order valence-electron chi connectivity index (χ0n) is 34.6. The van der Waals surface area contributed by atoms with Gasteiger partial charge in [0.15, 0.2) is 5.82 Å². The number of hydrogen-bond acceptors (Lipinski definition) is 14. The van der Waals surface area contributed by atoms with Crippen LogP contribution in [0.25, 0.3) is 0 Å². The van der Waals surface area contributed by atoms with Crippen LogP contribution in [0.1, 0.15) is 68.1 Å². The van der Waals surface area contributed by atoms with E-state index >= 15 is 8.78 Å². The minimum Gasteiger partial charge on any atom is -0.495 e. The average Bonchev–Trinajstić information content (AvgIpc) is 3.79. The number of rotatable bonds is 12. The Kier molecular flexibility index (Phi) is 13.3. The van der Waals surface area contributed by atoms with E-state index in [2.05, 4.69) is 40.7 Å². The number of carbonyl (C=O) groups excluding carboxylic acids is 5. The molecule has 5 N–H and O–H groups in total. The predicted octanol–water partition coefficient (Wildman–Crippen LogP) is 1.99. The number of piperazine rings is 1. The zero-order valence-corrected chi connectivity index (χ0v) is 34.6. The van der Waals surface area contributed by atoms with Gasteiger partial charge in [0.05, 0.1) is 31.2 Å². The van der Waals surface area contributed by atoms with Crippen LogP contribution in [0, 0.1) is 0 Å². The molecule has 2 aromatic rings. The van der Waals surface area contributed by atoms with Crippen LogP contribution in [-0.2, 0) is 19.2 Å². The Morgan fingerprint density at radius 3 is 2.46 bits per heavy atom. The molecule has 0 spiro atoms. The van der Waals surface area contributed by atoms with Crippen LogP contribution in [-0.4, -0.2) is 151 Å². The normalized spacial score (nSPS) is 22.0. The van der Waals surface area contributed by atoms with Crippen molar-refractivity contribution in [3.8, 4) is 5.75 Å². The SMILES string of the molecule is COc1cc(C(=O)NC2CCN(C(=O)CCN3CCN(C(C=NC4CCC(=O)NC4=O)=CN)CC3)CC2)ccc1Nc1ncc2c(n1)N(C1CCCC1)CC(F)(F)C(=O)N2C. The summed E-state index contributed by atoms with van der Waals surface area (Å²) < 4.78 is 35.7. The Labute approximate surface area is 352 Å². The Balaban J connectivity index is 0.870. The first-order chi connectivity index (χ1) is 29.3. The van der Waals surface area contributed by atoms with Gasteiger partial charge in [0.1, 0.15) is 17.5 Å². The molecule has 7 rings (SSSR count). The van der Waals surface area contributed by atoms with Crippen LogP contribution in [0.15, 0.2) is 41.3 Å². The first-order valence-corrected chi connectivity index (χ1v) is 20.9. The van der Waals surface area contributed by atoms with E-state index in [1.54, 1.807) is 24.4 Å².